The van der Waals surface area contributed by atoms with Gasteiger partial charge in [0.25, 0.3) is 0 Å². The second-order valence-corrected chi connectivity index (χ2v) is 8.32. The number of aromatic nitrogens is 2. The molecule has 0 radical (unpaired) electrons. The lowest BCUT2D eigenvalue weighted by atomic mass is 9.85. The first-order valence-corrected chi connectivity index (χ1v) is 9.78. The van der Waals surface area contributed by atoms with Crippen LogP contribution in [0.25, 0.3) is 0 Å². The Bertz CT molecular complexity index is 594. The number of sulfonamides is 1. The van der Waals surface area contributed by atoms with Crippen molar-refractivity contribution in [2.75, 3.05) is 32.7 Å². The van der Waals surface area contributed by atoms with Crippen LogP contribution >= 0.6 is 0 Å². The third-order valence-corrected chi connectivity index (χ3v) is 6.71. The maximum atomic E-state index is 12.7. The lowest BCUT2D eigenvalue weighted by Crippen LogP contribution is -2.37. The molecule has 0 amide bonds. The van der Waals surface area contributed by atoms with Crippen molar-refractivity contribution in [3.63, 3.8) is 0 Å². The minimum Gasteiger partial charge on any atom is -0.302 e. The highest BCUT2D eigenvalue weighted by molar-refractivity contribution is 7.89. The van der Waals surface area contributed by atoms with E-state index in [9.17, 15) is 8.42 Å². The Hall–Kier alpha value is -0.920. The van der Waals surface area contributed by atoms with Gasteiger partial charge in [0.1, 0.15) is 4.90 Å². The Labute approximate surface area is 133 Å². The van der Waals surface area contributed by atoms with Crippen molar-refractivity contribution in [2.24, 2.45) is 5.92 Å². The summed E-state index contributed by atoms with van der Waals surface area (Å²) in [6.07, 6.45) is 8.06. The van der Waals surface area contributed by atoms with Gasteiger partial charge in [-0.1, -0.05) is 6.42 Å². The van der Waals surface area contributed by atoms with Gasteiger partial charge in [-0.15, -0.1) is 0 Å². The number of rotatable bonds is 5. The van der Waals surface area contributed by atoms with Gasteiger partial charge >= 0.3 is 0 Å². The van der Waals surface area contributed by atoms with E-state index in [2.05, 4.69) is 10.00 Å². The zero-order valence-electron chi connectivity index (χ0n) is 13.3. The summed E-state index contributed by atoms with van der Waals surface area (Å²) in [6.45, 7) is 6.83. The summed E-state index contributed by atoms with van der Waals surface area (Å²) in [5, 5.41) is 4.09. The Morgan fingerprint density at radius 1 is 1.18 bits per heavy atom. The van der Waals surface area contributed by atoms with E-state index < -0.39 is 10.0 Å². The molecule has 2 aliphatic rings. The average molecular weight is 326 g/mol. The second kappa shape index (κ2) is 6.68. The fraction of sp³-hybridized carbons (Fsp3) is 0.800. The summed E-state index contributed by atoms with van der Waals surface area (Å²) in [5.74, 6) is 0.839. The molecule has 1 aromatic heterocycles. The van der Waals surface area contributed by atoms with E-state index >= 15 is 0 Å². The minimum atomic E-state index is -3.39. The molecule has 2 fully saturated rings. The maximum Gasteiger partial charge on any atom is 0.246 e. The quantitative estimate of drug-likeness (QED) is 0.821. The van der Waals surface area contributed by atoms with Crippen LogP contribution in [0.1, 0.15) is 32.6 Å². The van der Waals surface area contributed by atoms with E-state index in [4.69, 9.17) is 0 Å². The zero-order valence-corrected chi connectivity index (χ0v) is 14.1. The fourth-order valence-electron chi connectivity index (χ4n) is 3.21. The highest BCUT2D eigenvalue weighted by Gasteiger charge is 2.29. The number of hydrogen-bond donors (Lipinski definition) is 0. The van der Waals surface area contributed by atoms with E-state index in [0.29, 0.717) is 24.5 Å². The van der Waals surface area contributed by atoms with Crippen molar-refractivity contribution >= 4 is 10.0 Å². The summed E-state index contributed by atoms with van der Waals surface area (Å²) >= 11 is 0. The molecule has 3 rings (SSSR count). The third kappa shape index (κ3) is 3.36. The van der Waals surface area contributed by atoms with Gasteiger partial charge in [0.2, 0.25) is 10.0 Å². The van der Waals surface area contributed by atoms with Gasteiger partial charge in [-0.3, -0.25) is 4.68 Å². The first-order valence-electron chi connectivity index (χ1n) is 8.34. The Balaban J connectivity index is 1.63. The Morgan fingerprint density at radius 3 is 2.64 bits per heavy atom. The summed E-state index contributed by atoms with van der Waals surface area (Å²) in [5.41, 5.74) is 0. The van der Waals surface area contributed by atoms with E-state index in [1.54, 1.807) is 15.2 Å². The predicted molar refractivity (Wildman–Crippen MR) is 85.1 cm³/mol. The topological polar surface area (TPSA) is 58.4 Å². The molecule has 2 heterocycles. The van der Waals surface area contributed by atoms with Crippen molar-refractivity contribution in [2.45, 2.75) is 44.0 Å². The third-order valence-electron chi connectivity index (χ3n) is 4.86. The van der Waals surface area contributed by atoms with Crippen LogP contribution in [-0.2, 0) is 16.6 Å². The highest BCUT2D eigenvalue weighted by atomic mass is 32.2. The van der Waals surface area contributed by atoms with Gasteiger partial charge in [-0.25, -0.2) is 8.42 Å². The number of aryl methyl sites for hydroxylation is 1. The standard InChI is InChI=1S/C15H26N4O2S/c1-2-18-13-15(11-16-18)22(20,21)19-8-4-7-17(9-10-19)12-14-5-3-6-14/h11,13-14H,2-10,12H2,1H3. The molecule has 124 valence electrons. The molecule has 6 nitrogen and oxygen atoms in total. The van der Waals surface area contributed by atoms with E-state index in [1.807, 2.05) is 6.92 Å². The molecule has 0 aromatic carbocycles. The van der Waals surface area contributed by atoms with Crippen LogP contribution in [0, 0.1) is 5.92 Å². The second-order valence-electron chi connectivity index (χ2n) is 6.39. The van der Waals surface area contributed by atoms with Gasteiger partial charge < -0.3 is 4.90 Å². The van der Waals surface area contributed by atoms with Crippen molar-refractivity contribution < 1.29 is 8.42 Å². The van der Waals surface area contributed by atoms with Crippen LogP contribution in [0.15, 0.2) is 17.3 Å². The fourth-order valence-corrected chi connectivity index (χ4v) is 4.64. The molecule has 0 spiro atoms. The monoisotopic (exact) mass is 326 g/mol. The predicted octanol–water partition coefficient (Wildman–Crippen LogP) is 1.40. The molecule has 0 N–H and O–H groups in total. The summed E-state index contributed by atoms with van der Waals surface area (Å²) in [4.78, 5) is 2.76. The summed E-state index contributed by atoms with van der Waals surface area (Å²) in [6, 6.07) is 0. The molecule has 7 heteroatoms. The van der Waals surface area contributed by atoms with Gasteiger partial charge in [-0.05, 0) is 38.6 Å². The molecule has 1 aliphatic carbocycles. The number of nitrogens with zero attached hydrogens (tertiary/aromatic N) is 4. The van der Waals surface area contributed by atoms with Crippen molar-refractivity contribution in [3.8, 4) is 0 Å². The van der Waals surface area contributed by atoms with Gasteiger partial charge in [0, 0.05) is 38.9 Å². The van der Waals surface area contributed by atoms with Crippen molar-refractivity contribution in [1.82, 2.24) is 19.0 Å². The van der Waals surface area contributed by atoms with Crippen molar-refractivity contribution in [3.05, 3.63) is 12.4 Å². The molecule has 0 bridgehead atoms. The van der Waals surface area contributed by atoms with Gasteiger partial charge in [-0.2, -0.15) is 9.40 Å². The Kier molecular flexibility index (Phi) is 4.84. The molecule has 1 aliphatic heterocycles. The molecule has 1 aromatic rings. The van der Waals surface area contributed by atoms with E-state index in [1.165, 1.54) is 25.5 Å². The molecule has 1 saturated heterocycles. The molecule has 0 unspecified atom stereocenters. The SMILES string of the molecule is CCn1cc(S(=O)(=O)N2CCCN(CC3CCC3)CC2)cn1. The van der Waals surface area contributed by atoms with Crippen LogP contribution in [0.3, 0.4) is 0 Å². The minimum absolute atomic E-state index is 0.321. The van der Waals surface area contributed by atoms with Crippen LogP contribution < -0.4 is 0 Å². The summed E-state index contributed by atoms with van der Waals surface area (Å²) in [7, 11) is -3.39. The first-order chi connectivity index (χ1) is 10.6. The van der Waals surface area contributed by atoms with Crippen LogP contribution in [0.4, 0.5) is 0 Å². The van der Waals surface area contributed by atoms with Gasteiger partial charge in [0.15, 0.2) is 0 Å². The smallest absolute Gasteiger partial charge is 0.246 e. The normalized spacial score (nSPS) is 22.4. The van der Waals surface area contributed by atoms with E-state index in [-0.39, 0.29) is 0 Å². The first kappa shape index (κ1) is 16.0. The van der Waals surface area contributed by atoms with Crippen LogP contribution in [0.5, 0.6) is 0 Å². The number of hydrogen-bond acceptors (Lipinski definition) is 4. The lowest BCUT2D eigenvalue weighted by molar-refractivity contribution is 0.184. The molecular weight excluding hydrogens is 300 g/mol. The zero-order chi connectivity index (χ0) is 15.6. The maximum absolute atomic E-state index is 12.7. The average Bonchev–Trinajstić information content (AvgIpc) is 2.82. The van der Waals surface area contributed by atoms with Crippen LogP contribution in [-0.4, -0.2) is 60.1 Å². The summed E-state index contributed by atoms with van der Waals surface area (Å²) < 4.78 is 28.7. The van der Waals surface area contributed by atoms with Gasteiger partial charge in [0.05, 0.1) is 6.20 Å². The lowest BCUT2D eigenvalue weighted by Gasteiger charge is -2.31. The van der Waals surface area contributed by atoms with Crippen LogP contribution in [0.2, 0.25) is 0 Å². The molecular formula is C15H26N4O2S. The highest BCUT2D eigenvalue weighted by Crippen LogP contribution is 2.27. The largest absolute Gasteiger partial charge is 0.302 e. The molecule has 0 atom stereocenters. The van der Waals surface area contributed by atoms with Crippen molar-refractivity contribution in [1.29, 1.82) is 0 Å². The molecule has 1 saturated carbocycles. The van der Waals surface area contributed by atoms with E-state index in [0.717, 1.165) is 32.0 Å². The molecule has 22 heavy (non-hydrogen) atoms. The Morgan fingerprint density at radius 2 is 2.00 bits per heavy atom.